The lowest BCUT2D eigenvalue weighted by molar-refractivity contribution is 0.0938. The fraction of sp³-hybridized carbons (Fsp3) is 0.367. The molecule has 0 radical (unpaired) electrons. The van der Waals surface area contributed by atoms with Crippen molar-refractivity contribution in [2.24, 2.45) is 0 Å². The van der Waals surface area contributed by atoms with Crippen LogP contribution in [0.2, 0.25) is 5.02 Å². The number of carbonyl (C=O) groups is 1. The average molecular weight is 555 g/mol. The summed E-state index contributed by atoms with van der Waals surface area (Å²) in [6.45, 7) is 7.91. The molecule has 0 aromatic heterocycles. The topological polar surface area (TPSA) is 64.6 Å². The summed E-state index contributed by atoms with van der Waals surface area (Å²) < 4.78 is 36.1. The second-order valence-corrected chi connectivity index (χ2v) is 13.3. The molecule has 1 unspecified atom stereocenters. The second-order valence-electron chi connectivity index (χ2n) is 11.0. The third-order valence-corrected chi connectivity index (χ3v) is 9.49. The number of hydrogen-bond donors (Lipinski definition) is 1. The molecule has 2 aliphatic rings. The average Bonchev–Trinajstić information content (AvgIpc) is 3.43. The zero-order valence-corrected chi connectivity index (χ0v) is 23.5. The smallest absolute Gasteiger partial charge is 0.410 e. The van der Waals surface area contributed by atoms with Crippen LogP contribution in [-0.4, -0.2) is 39.5 Å². The Morgan fingerprint density at radius 2 is 1.71 bits per heavy atom. The van der Waals surface area contributed by atoms with Gasteiger partial charge < -0.3 is 9.29 Å². The molecule has 0 saturated carbocycles. The Balaban J connectivity index is 1.41. The summed E-state index contributed by atoms with van der Waals surface area (Å²) in [5.74, 6) is -0.508. The van der Waals surface area contributed by atoms with E-state index in [1.54, 1.807) is 11.8 Å². The number of hydrogen-bond acceptors (Lipinski definition) is 4. The number of ether oxygens (including phenoxy) is 1. The third-order valence-electron chi connectivity index (χ3n) is 7.35. The number of carbonyl (C=O) groups excluding carboxylic acids is 1. The van der Waals surface area contributed by atoms with Crippen LogP contribution in [-0.2, 0) is 16.1 Å². The highest BCUT2D eigenvalue weighted by Crippen LogP contribution is 2.45. The van der Waals surface area contributed by atoms with Crippen LogP contribution in [0.3, 0.4) is 0 Å². The number of nitrogens with zero attached hydrogens (tertiary/aromatic N) is 1. The fourth-order valence-corrected chi connectivity index (χ4v) is 6.56. The molecule has 5 nitrogen and oxygen atoms in total. The number of rotatable bonds is 5. The van der Waals surface area contributed by atoms with Crippen molar-refractivity contribution in [1.29, 1.82) is 0 Å². The Morgan fingerprint density at radius 1 is 1.11 bits per heavy atom. The summed E-state index contributed by atoms with van der Waals surface area (Å²) in [5, 5.41) is 0.392. The Hall–Kier alpha value is -2.58. The van der Waals surface area contributed by atoms with Crippen LogP contribution in [0.25, 0.3) is 11.1 Å². The van der Waals surface area contributed by atoms with E-state index in [2.05, 4.69) is 29.0 Å². The van der Waals surface area contributed by atoms with Gasteiger partial charge in [0.1, 0.15) is 17.2 Å². The maximum absolute atomic E-state index is 14.5. The van der Waals surface area contributed by atoms with Crippen LogP contribution >= 0.6 is 11.6 Å². The van der Waals surface area contributed by atoms with E-state index in [1.807, 2.05) is 45.0 Å². The van der Waals surface area contributed by atoms with Crippen LogP contribution in [0.1, 0.15) is 61.4 Å². The number of likely N-dealkylation sites (tertiary alicyclic amines) is 1. The van der Waals surface area contributed by atoms with E-state index < -0.39 is 34.1 Å². The highest BCUT2D eigenvalue weighted by molar-refractivity contribution is 7.90. The van der Waals surface area contributed by atoms with Gasteiger partial charge in [-0.25, -0.2) is 9.18 Å². The normalized spacial score (nSPS) is 19.8. The number of halogens is 2. The molecule has 1 fully saturated rings. The standard InChI is InChI=1S/C30H32ClFN2O3S/c1-18-15-19(32)16-24(27(18)31)28-26(33-38(36)30(2,3)4)13-14-34(28)29(35)37-17-25-22-11-7-5-9-20(22)21-10-6-8-12-23(21)25/h5-12,15-16,25-26,28,33H,13-14,17H2,1-4H3/t26-,28-,38?/m1/s1. The van der Waals surface area contributed by atoms with Crippen LogP contribution in [0.4, 0.5) is 9.18 Å². The number of nitrogens with one attached hydrogen (secondary N) is 1. The molecule has 1 amide bonds. The van der Waals surface area contributed by atoms with Gasteiger partial charge in [0.2, 0.25) is 0 Å². The summed E-state index contributed by atoms with van der Waals surface area (Å²) in [4.78, 5) is 15.2. The molecule has 5 rings (SSSR count). The number of aryl methyl sites for hydroxylation is 1. The fourth-order valence-electron chi connectivity index (χ4n) is 5.46. The second kappa shape index (κ2) is 10.5. The summed E-state index contributed by atoms with van der Waals surface area (Å²) in [6, 6.07) is 18.1. The molecule has 1 aliphatic heterocycles. The molecule has 3 aromatic rings. The van der Waals surface area contributed by atoms with Crippen molar-refractivity contribution >= 4 is 29.1 Å². The molecular weight excluding hydrogens is 523 g/mol. The number of amides is 1. The van der Waals surface area contributed by atoms with Crippen LogP contribution in [0.5, 0.6) is 0 Å². The van der Waals surface area contributed by atoms with E-state index >= 15 is 0 Å². The van der Waals surface area contributed by atoms with Crippen LogP contribution in [0, 0.1) is 12.7 Å². The molecule has 1 heterocycles. The number of benzene rings is 3. The van der Waals surface area contributed by atoms with Gasteiger partial charge in [-0.2, -0.15) is 0 Å². The molecule has 200 valence electrons. The van der Waals surface area contributed by atoms with Gasteiger partial charge in [-0.15, -0.1) is 4.72 Å². The van der Waals surface area contributed by atoms with E-state index in [0.29, 0.717) is 29.1 Å². The predicted octanol–water partition coefficient (Wildman–Crippen LogP) is 6.90. The molecule has 1 N–H and O–H groups in total. The Bertz CT molecular complexity index is 1320. The first-order valence-corrected chi connectivity index (χ1v) is 14.3. The quantitative estimate of drug-likeness (QED) is 0.348. The Labute approximate surface area is 231 Å². The summed E-state index contributed by atoms with van der Waals surface area (Å²) in [5.41, 5.74) is 5.63. The third kappa shape index (κ3) is 5.05. The van der Waals surface area contributed by atoms with Gasteiger partial charge in [-0.1, -0.05) is 60.1 Å². The SMILES string of the molecule is Cc1cc(F)cc([C@@H]2[C@H](N[S+]([O-])C(C)(C)C)CCN2C(=O)OCC2c3ccccc3-c3ccccc32)c1Cl. The monoisotopic (exact) mass is 554 g/mol. The van der Waals surface area contributed by atoms with Crippen molar-refractivity contribution in [2.75, 3.05) is 13.2 Å². The van der Waals surface area contributed by atoms with Crippen molar-refractivity contribution in [3.63, 3.8) is 0 Å². The summed E-state index contributed by atoms with van der Waals surface area (Å²) in [7, 11) is 0. The lowest BCUT2D eigenvalue weighted by atomic mass is 9.98. The first kappa shape index (κ1) is 27.0. The zero-order chi connectivity index (χ0) is 27.2. The minimum absolute atomic E-state index is 0.0743. The van der Waals surface area contributed by atoms with Crippen LogP contribution in [0.15, 0.2) is 60.7 Å². The highest BCUT2D eigenvalue weighted by atomic mass is 35.5. The van der Waals surface area contributed by atoms with Gasteiger partial charge in [-0.05, 0) is 79.6 Å². The lowest BCUT2D eigenvalue weighted by Crippen LogP contribution is -2.47. The maximum Gasteiger partial charge on any atom is 0.410 e. The van der Waals surface area contributed by atoms with Crippen molar-refractivity contribution in [1.82, 2.24) is 9.62 Å². The predicted molar refractivity (Wildman–Crippen MR) is 150 cm³/mol. The van der Waals surface area contributed by atoms with Gasteiger partial charge in [0.25, 0.3) is 0 Å². The first-order chi connectivity index (χ1) is 18.1. The molecule has 0 spiro atoms. The van der Waals surface area contributed by atoms with Crippen molar-refractivity contribution in [3.05, 3.63) is 93.8 Å². The van der Waals surface area contributed by atoms with Gasteiger partial charge >= 0.3 is 6.09 Å². The van der Waals surface area contributed by atoms with E-state index in [1.165, 1.54) is 12.1 Å². The van der Waals surface area contributed by atoms with Crippen LogP contribution < -0.4 is 4.72 Å². The molecule has 3 aromatic carbocycles. The molecule has 8 heteroatoms. The van der Waals surface area contributed by atoms with Gasteiger partial charge in [0, 0.05) is 28.8 Å². The Morgan fingerprint density at radius 3 is 2.32 bits per heavy atom. The van der Waals surface area contributed by atoms with Gasteiger partial charge in [0.15, 0.2) is 0 Å². The molecule has 1 aliphatic carbocycles. The Kier molecular flexibility index (Phi) is 7.48. The minimum Gasteiger partial charge on any atom is -0.598 e. The van der Waals surface area contributed by atoms with E-state index in [0.717, 1.165) is 22.3 Å². The van der Waals surface area contributed by atoms with E-state index in [9.17, 15) is 13.7 Å². The van der Waals surface area contributed by atoms with Crippen molar-refractivity contribution < 1.29 is 18.5 Å². The summed E-state index contributed by atoms with van der Waals surface area (Å²) in [6.07, 6.45) is 0.0310. The molecular formula is C30H32ClFN2O3S. The minimum atomic E-state index is -1.39. The zero-order valence-electron chi connectivity index (χ0n) is 22.0. The van der Waals surface area contributed by atoms with Crippen molar-refractivity contribution in [3.8, 4) is 11.1 Å². The molecule has 0 bridgehead atoms. The summed E-state index contributed by atoms with van der Waals surface area (Å²) >= 11 is 5.26. The largest absolute Gasteiger partial charge is 0.598 e. The highest BCUT2D eigenvalue weighted by Gasteiger charge is 2.44. The molecule has 3 atom stereocenters. The molecule has 1 saturated heterocycles. The maximum atomic E-state index is 14.5. The first-order valence-electron chi connectivity index (χ1n) is 12.8. The van der Waals surface area contributed by atoms with Gasteiger partial charge in [0.05, 0.1) is 12.1 Å². The lowest BCUT2D eigenvalue weighted by Gasteiger charge is -2.32. The molecule has 38 heavy (non-hydrogen) atoms. The van der Waals surface area contributed by atoms with E-state index in [4.69, 9.17) is 16.3 Å². The van der Waals surface area contributed by atoms with E-state index in [-0.39, 0.29) is 18.6 Å². The number of fused-ring (bicyclic) bond motifs is 3. The van der Waals surface area contributed by atoms with Gasteiger partial charge in [-0.3, -0.25) is 4.90 Å². The van der Waals surface area contributed by atoms with Crippen molar-refractivity contribution in [2.45, 2.75) is 56.9 Å².